The zero-order chi connectivity index (χ0) is 18.5. The fourth-order valence-electron chi connectivity index (χ4n) is 2.08. The molecule has 0 spiro atoms. The van der Waals surface area contributed by atoms with Gasteiger partial charge in [0, 0.05) is 32.0 Å². The predicted octanol–water partition coefficient (Wildman–Crippen LogP) is 4.25. The summed E-state index contributed by atoms with van der Waals surface area (Å²) in [6, 6.07) is 1.14. The number of carbonyl (C=O) groups excluding carboxylic acids is 1. The SMILES string of the molecule is C/C(=C\C(=O)OC(C)(C)C)c1cnn(COCC[Si](C)(C)C)c1C. The van der Waals surface area contributed by atoms with Gasteiger partial charge >= 0.3 is 5.97 Å². The topological polar surface area (TPSA) is 53.3 Å². The van der Waals surface area contributed by atoms with Crippen LogP contribution in [0.4, 0.5) is 0 Å². The molecular weight excluding hydrogens is 320 g/mol. The van der Waals surface area contributed by atoms with Gasteiger partial charge in [-0.25, -0.2) is 9.48 Å². The lowest BCUT2D eigenvalue weighted by atomic mass is 10.1. The molecule has 24 heavy (non-hydrogen) atoms. The van der Waals surface area contributed by atoms with Gasteiger partial charge in [-0.15, -0.1) is 0 Å². The molecule has 136 valence electrons. The van der Waals surface area contributed by atoms with Crippen molar-refractivity contribution in [3.63, 3.8) is 0 Å². The molecule has 0 bridgehead atoms. The highest BCUT2D eigenvalue weighted by Crippen LogP contribution is 2.19. The summed E-state index contributed by atoms with van der Waals surface area (Å²) < 4.78 is 12.9. The minimum Gasteiger partial charge on any atom is -0.457 e. The first-order valence-corrected chi connectivity index (χ1v) is 12.1. The lowest BCUT2D eigenvalue weighted by Crippen LogP contribution is -2.22. The number of hydrogen-bond donors (Lipinski definition) is 0. The van der Waals surface area contributed by atoms with Gasteiger partial charge in [0.25, 0.3) is 0 Å². The second-order valence-electron chi connectivity index (χ2n) is 8.35. The minimum absolute atomic E-state index is 0.335. The van der Waals surface area contributed by atoms with Crippen molar-refractivity contribution in [3.05, 3.63) is 23.5 Å². The molecule has 0 aliphatic rings. The Hall–Kier alpha value is -1.40. The third kappa shape index (κ3) is 7.44. The molecule has 6 heteroatoms. The first-order valence-electron chi connectivity index (χ1n) is 8.41. The van der Waals surface area contributed by atoms with Crippen LogP contribution >= 0.6 is 0 Å². The average Bonchev–Trinajstić information content (AvgIpc) is 2.72. The maximum atomic E-state index is 11.9. The normalized spacial score (nSPS) is 13.2. The summed E-state index contributed by atoms with van der Waals surface area (Å²) in [7, 11) is -1.08. The Kier molecular flexibility index (Phi) is 6.98. The van der Waals surface area contributed by atoms with Crippen molar-refractivity contribution >= 4 is 19.6 Å². The number of hydrogen-bond acceptors (Lipinski definition) is 4. The van der Waals surface area contributed by atoms with Crippen molar-refractivity contribution in [1.82, 2.24) is 9.78 Å². The molecular formula is C18H32N2O3Si. The van der Waals surface area contributed by atoms with Gasteiger partial charge in [-0.3, -0.25) is 0 Å². The molecule has 0 radical (unpaired) electrons. The van der Waals surface area contributed by atoms with Crippen molar-refractivity contribution in [1.29, 1.82) is 0 Å². The number of aromatic nitrogens is 2. The second-order valence-corrected chi connectivity index (χ2v) is 14.0. The lowest BCUT2D eigenvalue weighted by molar-refractivity contribution is -0.148. The lowest BCUT2D eigenvalue weighted by Gasteiger charge is -2.18. The van der Waals surface area contributed by atoms with E-state index in [1.807, 2.05) is 39.3 Å². The average molecular weight is 353 g/mol. The van der Waals surface area contributed by atoms with Gasteiger partial charge in [0.1, 0.15) is 12.3 Å². The van der Waals surface area contributed by atoms with Crippen molar-refractivity contribution in [3.8, 4) is 0 Å². The third-order valence-electron chi connectivity index (χ3n) is 3.48. The highest BCUT2D eigenvalue weighted by Gasteiger charge is 2.16. The van der Waals surface area contributed by atoms with Crippen LogP contribution in [-0.2, 0) is 21.0 Å². The predicted molar refractivity (Wildman–Crippen MR) is 101 cm³/mol. The van der Waals surface area contributed by atoms with Gasteiger partial charge in [0.05, 0.1) is 6.20 Å². The quantitative estimate of drug-likeness (QED) is 0.319. The molecule has 0 fully saturated rings. The summed E-state index contributed by atoms with van der Waals surface area (Å²) in [5, 5.41) is 4.36. The molecule has 1 aromatic rings. The second kappa shape index (κ2) is 8.12. The van der Waals surface area contributed by atoms with Crippen LogP contribution in [-0.4, -0.2) is 36.0 Å². The number of allylic oxidation sites excluding steroid dienone is 1. The molecule has 0 saturated carbocycles. The summed E-state index contributed by atoms with van der Waals surface area (Å²) in [6.45, 7) is 17.6. The Morgan fingerprint density at radius 1 is 1.33 bits per heavy atom. The third-order valence-corrected chi connectivity index (χ3v) is 5.18. The molecule has 0 unspecified atom stereocenters. The van der Waals surface area contributed by atoms with Crippen molar-refractivity contribution in [2.75, 3.05) is 6.61 Å². The monoisotopic (exact) mass is 352 g/mol. The van der Waals surface area contributed by atoms with Gasteiger partial charge in [0.2, 0.25) is 0 Å². The van der Waals surface area contributed by atoms with Crippen LogP contribution in [0, 0.1) is 6.92 Å². The van der Waals surface area contributed by atoms with Crippen LogP contribution < -0.4 is 0 Å². The smallest absolute Gasteiger partial charge is 0.331 e. The number of rotatable bonds is 7. The molecule has 0 aliphatic heterocycles. The van der Waals surface area contributed by atoms with E-state index < -0.39 is 13.7 Å². The Labute approximate surface area is 147 Å². The summed E-state index contributed by atoms with van der Waals surface area (Å²) in [4.78, 5) is 11.9. The van der Waals surface area contributed by atoms with E-state index in [4.69, 9.17) is 9.47 Å². The molecule has 0 atom stereocenters. The van der Waals surface area contributed by atoms with Gasteiger partial charge in [-0.05, 0) is 46.2 Å². The highest BCUT2D eigenvalue weighted by molar-refractivity contribution is 6.76. The van der Waals surface area contributed by atoms with Crippen LogP contribution in [0.1, 0.15) is 39.0 Å². The molecule has 0 aliphatic carbocycles. The first kappa shape index (κ1) is 20.6. The number of esters is 1. The molecule has 0 aromatic carbocycles. The molecule has 1 rings (SSSR count). The van der Waals surface area contributed by atoms with Crippen LogP contribution in [0.15, 0.2) is 12.3 Å². The van der Waals surface area contributed by atoms with Crippen molar-refractivity contribution < 1.29 is 14.3 Å². The van der Waals surface area contributed by atoms with E-state index in [0.29, 0.717) is 6.73 Å². The minimum atomic E-state index is -1.08. The van der Waals surface area contributed by atoms with Crippen molar-refractivity contribution in [2.45, 2.75) is 72.6 Å². The summed E-state index contributed by atoms with van der Waals surface area (Å²) in [5.41, 5.74) is 2.28. The van der Waals surface area contributed by atoms with Crippen molar-refractivity contribution in [2.24, 2.45) is 0 Å². The van der Waals surface area contributed by atoms with Gasteiger partial charge in [-0.1, -0.05) is 19.6 Å². The van der Waals surface area contributed by atoms with E-state index in [1.165, 1.54) is 6.08 Å². The Morgan fingerprint density at radius 3 is 2.50 bits per heavy atom. The van der Waals surface area contributed by atoms with Gasteiger partial charge in [0.15, 0.2) is 0 Å². The van der Waals surface area contributed by atoms with Gasteiger partial charge < -0.3 is 9.47 Å². The van der Waals surface area contributed by atoms with E-state index in [2.05, 4.69) is 24.7 Å². The van der Waals surface area contributed by atoms with E-state index in [0.717, 1.165) is 29.5 Å². The largest absolute Gasteiger partial charge is 0.457 e. The number of nitrogens with zero attached hydrogens (tertiary/aromatic N) is 2. The zero-order valence-electron chi connectivity index (χ0n) is 16.4. The maximum Gasteiger partial charge on any atom is 0.331 e. The Morgan fingerprint density at radius 2 is 1.96 bits per heavy atom. The summed E-state index contributed by atoms with van der Waals surface area (Å²) in [6.07, 6.45) is 3.29. The van der Waals surface area contributed by atoms with E-state index in [9.17, 15) is 4.79 Å². The Balaban J connectivity index is 2.68. The standard InChI is InChI=1S/C18H32N2O3Si/c1-14(11-17(21)23-18(3,4)5)16-12-19-20(15(16)2)13-22-9-10-24(6,7)8/h11-12H,9-10,13H2,1-8H3/b14-11+. The highest BCUT2D eigenvalue weighted by atomic mass is 28.3. The van der Waals surface area contributed by atoms with E-state index in [-0.39, 0.29) is 5.97 Å². The molecule has 1 aromatic heterocycles. The zero-order valence-corrected chi connectivity index (χ0v) is 17.4. The first-order chi connectivity index (χ1) is 10.9. The van der Waals surface area contributed by atoms with Crippen LogP contribution in [0.2, 0.25) is 25.7 Å². The molecule has 0 saturated heterocycles. The number of ether oxygens (including phenoxy) is 2. The molecule has 0 N–H and O–H groups in total. The van der Waals surface area contributed by atoms with Crippen LogP contribution in [0.25, 0.3) is 5.57 Å². The molecule has 5 nitrogen and oxygen atoms in total. The number of carbonyl (C=O) groups is 1. The fraction of sp³-hybridized carbons (Fsp3) is 0.667. The fourth-order valence-corrected chi connectivity index (χ4v) is 2.84. The summed E-state index contributed by atoms with van der Waals surface area (Å²) in [5.74, 6) is -0.335. The molecule has 1 heterocycles. The van der Waals surface area contributed by atoms with E-state index in [1.54, 1.807) is 6.20 Å². The molecule has 0 amide bonds. The van der Waals surface area contributed by atoms with E-state index >= 15 is 0 Å². The maximum absolute atomic E-state index is 11.9. The Bertz CT molecular complexity index is 592. The van der Waals surface area contributed by atoms with Crippen LogP contribution in [0.5, 0.6) is 0 Å². The summed E-state index contributed by atoms with van der Waals surface area (Å²) >= 11 is 0. The van der Waals surface area contributed by atoms with Gasteiger partial charge in [-0.2, -0.15) is 5.10 Å². The van der Waals surface area contributed by atoms with Crippen LogP contribution in [0.3, 0.4) is 0 Å².